The third kappa shape index (κ3) is 3.18. The second-order valence-electron chi connectivity index (χ2n) is 11.2. The molecule has 4 saturated carbocycles. The molecule has 2 heterocycles. The fourth-order valence-electron chi connectivity index (χ4n) is 7.95. The first-order chi connectivity index (χ1) is 15.9. The van der Waals surface area contributed by atoms with Gasteiger partial charge in [0.1, 0.15) is 6.04 Å². The number of anilines is 1. The molecule has 0 aromatic heterocycles. The maximum absolute atomic E-state index is 12.9. The highest BCUT2D eigenvalue weighted by atomic mass is 16.2. The Labute approximate surface area is 195 Å². The van der Waals surface area contributed by atoms with Crippen LogP contribution < -0.4 is 10.2 Å². The number of nitriles is 1. The lowest BCUT2D eigenvalue weighted by atomic mass is 9.65. The van der Waals surface area contributed by atoms with Crippen molar-refractivity contribution in [3.63, 3.8) is 0 Å². The van der Waals surface area contributed by atoms with Crippen molar-refractivity contribution in [3.05, 3.63) is 29.8 Å². The summed E-state index contributed by atoms with van der Waals surface area (Å²) < 4.78 is 0. The lowest BCUT2D eigenvalue weighted by Gasteiger charge is -2.42. The zero-order valence-electron chi connectivity index (χ0n) is 19.4. The zero-order valence-corrected chi connectivity index (χ0v) is 19.4. The summed E-state index contributed by atoms with van der Waals surface area (Å²) in [6, 6.07) is 10.8. The molecule has 0 radical (unpaired) electrons. The molecule has 6 fully saturated rings. The van der Waals surface area contributed by atoms with E-state index in [1.165, 1.54) is 31.2 Å². The van der Waals surface area contributed by atoms with Gasteiger partial charge in [0.05, 0.1) is 12.6 Å². The fraction of sp³-hybridized carbons (Fsp3) is 0.654. The van der Waals surface area contributed by atoms with E-state index in [-0.39, 0.29) is 28.9 Å². The van der Waals surface area contributed by atoms with Gasteiger partial charge in [-0.1, -0.05) is 12.1 Å². The first-order valence-electron chi connectivity index (χ1n) is 12.5. The lowest BCUT2D eigenvalue weighted by molar-refractivity contribution is -0.130. The molecular formula is C26H33N5O2. The number of carbonyl (C=O) groups excluding carboxylic acids is 2. The number of hydrogen-bond donors (Lipinski definition) is 1. The highest BCUT2D eigenvalue weighted by molar-refractivity contribution is 5.93. The molecule has 1 aromatic rings. The van der Waals surface area contributed by atoms with E-state index < -0.39 is 0 Å². The van der Waals surface area contributed by atoms with Crippen molar-refractivity contribution >= 4 is 17.6 Å². The molecule has 4 unspecified atom stereocenters. The number of amides is 3. The first-order valence-corrected chi connectivity index (χ1v) is 12.5. The average molecular weight is 448 g/mol. The number of nitrogens with one attached hydrogen (secondary N) is 1. The highest BCUT2D eigenvalue weighted by Gasteiger charge is 2.64. The van der Waals surface area contributed by atoms with E-state index in [0.717, 1.165) is 38.0 Å². The van der Waals surface area contributed by atoms with Gasteiger partial charge < -0.3 is 15.1 Å². The van der Waals surface area contributed by atoms with E-state index in [0.29, 0.717) is 24.9 Å². The number of nitrogens with zero attached hydrogens (tertiary/aromatic N) is 4. The van der Waals surface area contributed by atoms with Crippen molar-refractivity contribution in [1.29, 1.82) is 5.26 Å². The summed E-state index contributed by atoms with van der Waals surface area (Å²) in [6.45, 7) is 2.58. The largest absolute Gasteiger partial charge is 0.326 e. The Morgan fingerprint density at radius 2 is 2.00 bits per heavy atom. The maximum atomic E-state index is 12.9. The third-order valence-electron chi connectivity index (χ3n) is 9.34. The van der Waals surface area contributed by atoms with Gasteiger partial charge in [0.15, 0.2) is 0 Å². The average Bonchev–Trinajstić information content (AvgIpc) is 3.54. The predicted octanol–water partition coefficient (Wildman–Crippen LogP) is 2.86. The molecular weight excluding hydrogens is 414 g/mol. The number of rotatable bonds is 5. The Morgan fingerprint density at radius 1 is 1.18 bits per heavy atom. The molecule has 33 heavy (non-hydrogen) atoms. The summed E-state index contributed by atoms with van der Waals surface area (Å²) in [5, 5.41) is 13.1. The molecule has 3 amide bonds. The molecule has 4 aliphatic carbocycles. The molecule has 7 nitrogen and oxygen atoms in total. The molecule has 0 spiro atoms. The molecule has 1 N–H and O–H groups in total. The predicted molar refractivity (Wildman–Crippen MR) is 125 cm³/mol. The van der Waals surface area contributed by atoms with Gasteiger partial charge in [0, 0.05) is 37.9 Å². The topological polar surface area (TPSA) is 79.7 Å². The maximum Gasteiger partial charge on any atom is 0.324 e. The molecule has 5 atom stereocenters. The zero-order chi connectivity index (χ0) is 22.8. The van der Waals surface area contributed by atoms with Crippen LogP contribution >= 0.6 is 0 Å². The summed E-state index contributed by atoms with van der Waals surface area (Å²) in [5.74, 6) is 1.41. The van der Waals surface area contributed by atoms with Gasteiger partial charge in [-0.25, -0.2) is 4.79 Å². The summed E-state index contributed by atoms with van der Waals surface area (Å²) in [7, 11) is 1.85. The Kier molecular flexibility index (Phi) is 4.74. The molecule has 6 aliphatic rings. The van der Waals surface area contributed by atoms with Crippen LogP contribution in [-0.4, -0.2) is 66.5 Å². The Hall–Kier alpha value is -2.59. The number of likely N-dealkylation sites (tertiary alicyclic amines) is 1. The van der Waals surface area contributed by atoms with Crippen molar-refractivity contribution in [1.82, 2.24) is 15.1 Å². The molecule has 2 aliphatic heterocycles. The summed E-state index contributed by atoms with van der Waals surface area (Å²) in [5.41, 5.74) is 2.60. The normalized spacial score (nSPS) is 36.8. The second kappa shape index (κ2) is 7.46. The van der Waals surface area contributed by atoms with Crippen LogP contribution in [0.1, 0.15) is 50.5 Å². The van der Waals surface area contributed by atoms with E-state index in [1.54, 1.807) is 9.80 Å². The summed E-state index contributed by atoms with van der Waals surface area (Å²) in [4.78, 5) is 30.7. The number of hydrogen-bond acceptors (Lipinski definition) is 4. The second-order valence-corrected chi connectivity index (χ2v) is 11.2. The molecule has 4 bridgehead atoms. The fourth-order valence-corrected chi connectivity index (χ4v) is 7.95. The highest BCUT2D eigenvalue weighted by Crippen LogP contribution is 2.66. The van der Waals surface area contributed by atoms with Gasteiger partial charge >= 0.3 is 6.03 Å². The van der Waals surface area contributed by atoms with Crippen LogP contribution in [0.25, 0.3) is 0 Å². The van der Waals surface area contributed by atoms with E-state index in [4.69, 9.17) is 0 Å². The van der Waals surface area contributed by atoms with Crippen LogP contribution in [0.15, 0.2) is 24.3 Å². The smallest absolute Gasteiger partial charge is 0.324 e. The van der Waals surface area contributed by atoms with Crippen LogP contribution in [0.2, 0.25) is 0 Å². The van der Waals surface area contributed by atoms with Crippen molar-refractivity contribution in [2.45, 2.75) is 61.9 Å². The number of likely N-dealkylation sites (N-methyl/N-ethyl adjacent to an activating group) is 1. The minimum absolute atomic E-state index is 0.0484. The van der Waals surface area contributed by atoms with Crippen LogP contribution in [0, 0.1) is 23.2 Å². The monoisotopic (exact) mass is 447 g/mol. The van der Waals surface area contributed by atoms with Gasteiger partial charge in [-0.2, -0.15) is 5.26 Å². The minimum atomic E-state index is -0.250. The Morgan fingerprint density at radius 3 is 2.73 bits per heavy atom. The van der Waals surface area contributed by atoms with Crippen molar-refractivity contribution < 1.29 is 9.59 Å². The molecule has 2 saturated heterocycles. The Bertz CT molecular complexity index is 1020. The first kappa shape index (κ1) is 21.0. The third-order valence-corrected chi connectivity index (χ3v) is 9.34. The van der Waals surface area contributed by atoms with Crippen LogP contribution in [0.3, 0.4) is 0 Å². The van der Waals surface area contributed by atoms with Crippen LogP contribution in [-0.2, 0) is 10.2 Å². The SMILES string of the molecule is CN1CCN(c2ccc(C34CC5CC(C3)C(NCC(=O)N3CCC[C@H]3C#N)(C5)C4)cc2)C1=O. The Balaban J connectivity index is 1.18. The van der Waals surface area contributed by atoms with Crippen LogP contribution in [0.5, 0.6) is 0 Å². The van der Waals surface area contributed by atoms with Gasteiger partial charge in [0.25, 0.3) is 0 Å². The van der Waals surface area contributed by atoms with E-state index in [9.17, 15) is 14.9 Å². The van der Waals surface area contributed by atoms with E-state index in [1.807, 2.05) is 11.9 Å². The molecule has 174 valence electrons. The molecule has 1 aromatic carbocycles. The van der Waals surface area contributed by atoms with Crippen molar-refractivity contribution in [2.75, 3.05) is 38.1 Å². The summed E-state index contributed by atoms with van der Waals surface area (Å²) >= 11 is 0. The minimum Gasteiger partial charge on any atom is -0.326 e. The lowest BCUT2D eigenvalue weighted by Crippen LogP contribution is -2.52. The molecule has 7 heteroatoms. The van der Waals surface area contributed by atoms with Gasteiger partial charge in [0.2, 0.25) is 5.91 Å². The van der Waals surface area contributed by atoms with E-state index in [2.05, 4.69) is 35.7 Å². The molecule has 7 rings (SSSR count). The van der Waals surface area contributed by atoms with E-state index >= 15 is 0 Å². The van der Waals surface area contributed by atoms with Crippen LogP contribution in [0.4, 0.5) is 10.5 Å². The van der Waals surface area contributed by atoms with Crippen molar-refractivity contribution in [3.8, 4) is 6.07 Å². The summed E-state index contributed by atoms with van der Waals surface area (Å²) in [6.07, 6.45) is 7.66. The number of benzene rings is 1. The van der Waals surface area contributed by atoms with Gasteiger partial charge in [-0.3, -0.25) is 9.69 Å². The van der Waals surface area contributed by atoms with Gasteiger partial charge in [-0.15, -0.1) is 0 Å². The standard InChI is InChI=1S/C26H33N5O2/c1-29-9-10-31(24(29)33)21-6-4-19(5-7-21)25-12-18-11-20(14-25)26(13-18,17-25)28-16-23(32)30-8-2-3-22(30)15-27/h4-7,18,20,22,28H,2-3,8-14,16-17H2,1H3/t18?,20?,22-,25?,26?/m0/s1. The quantitative estimate of drug-likeness (QED) is 0.753. The van der Waals surface area contributed by atoms with Crippen molar-refractivity contribution in [2.24, 2.45) is 11.8 Å². The number of carbonyl (C=O) groups is 2. The van der Waals surface area contributed by atoms with Gasteiger partial charge in [-0.05, 0) is 79.9 Å². The number of urea groups is 1.